The normalized spacial score (nSPS) is 29.1. The summed E-state index contributed by atoms with van der Waals surface area (Å²) in [6, 6.07) is 0. The molecule has 2 rings (SSSR count). The van der Waals surface area contributed by atoms with Gasteiger partial charge in [-0.05, 0) is 19.3 Å². The molecule has 0 aromatic heterocycles. The van der Waals surface area contributed by atoms with Gasteiger partial charge in [-0.3, -0.25) is 4.79 Å². The van der Waals surface area contributed by atoms with E-state index in [9.17, 15) is 13.6 Å². The topological polar surface area (TPSA) is 20.3 Å². The summed E-state index contributed by atoms with van der Waals surface area (Å²) < 4.78 is 26.5. The van der Waals surface area contributed by atoms with Crippen molar-refractivity contribution >= 4 is 5.91 Å². The van der Waals surface area contributed by atoms with Gasteiger partial charge in [-0.2, -0.15) is 0 Å². The SMILES string of the molecule is C[C@H]1CN(C(=O)C2=CCCC2)CCC1(F)F. The van der Waals surface area contributed by atoms with Crippen molar-refractivity contribution < 1.29 is 13.6 Å². The molecule has 0 saturated carbocycles. The molecule has 1 aliphatic carbocycles. The van der Waals surface area contributed by atoms with Crippen LogP contribution in [0.2, 0.25) is 0 Å². The van der Waals surface area contributed by atoms with Crippen molar-refractivity contribution in [1.82, 2.24) is 4.90 Å². The van der Waals surface area contributed by atoms with Crippen LogP contribution in [0.15, 0.2) is 11.6 Å². The molecule has 1 saturated heterocycles. The maximum Gasteiger partial charge on any atom is 0.254 e. The lowest BCUT2D eigenvalue weighted by atomic mass is 9.95. The fourth-order valence-corrected chi connectivity index (χ4v) is 2.34. The lowest BCUT2D eigenvalue weighted by Crippen LogP contribution is -2.48. The molecule has 0 unspecified atom stereocenters. The second-order valence-corrected chi connectivity index (χ2v) is 4.78. The molecule has 16 heavy (non-hydrogen) atoms. The fourth-order valence-electron chi connectivity index (χ4n) is 2.34. The quantitative estimate of drug-likeness (QED) is 0.676. The van der Waals surface area contributed by atoms with Crippen molar-refractivity contribution in [3.8, 4) is 0 Å². The van der Waals surface area contributed by atoms with E-state index >= 15 is 0 Å². The number of hydrogen-bond donors (Lipinski definition) is 0. The van der Waals surface area contributed by atoms with Crippen LogP contribution in [0.3, 0.4) is 0 Å². The van der Waals surface area contributed by atoms with Gasteiger partial charge in [-0.1, -0.05) is 13.0 Å². The number of halogens is 2. The first-order valence-electron chi connectivity index (χ1n) is 5.87. The standard InChI is InChI=1S/C12H17F2NO/c1-9-8-15(7-6-12(9,13)14)11(16)10-4-2-3-5-10/h4,9H,2-3,5-8H2,1H3/t9-/m0/s1. The molecule has 1 fully saturated rings. The minimum Gasteiger partial charge on any atom is -0.338 e. The van der Waals surface area contributed by atoms with Crippen LogP contribution in [0, 0.1) is 5.92 Å². The molecule has 1 heterocycles. The van der Waals surface area contributed by atoms with Crippen molar-refractivity contribution in [3.63, 3.8) is 0 Å². The highest BCUT2D eigenvalue weighted by atomic mass is 19.3. The van der Waals surface area contributed by atoms with Crippen LogP contribution in [0.25, 0.3) is 0 Å². The summed E-state index contributed by atoms with van der Waals surface area (Å²) in [5.41, 5.74) is 0.817. The molecular weight excluding hydrogens is 212 g/mol. The number of amides is 1. The Morgan fingerprint density at radius 3 is 2.88 bits per heavy atom. The van der Waals surface area contributed by atoms with Crippen molar-refractivity contribution in [2.75, 3.05) is 13.1 Å². The second-order valence-electron chi connectivity index (χ2n) is 4.78. The maximum absolute atomic E-state index is 13.3. The molecule has 1 amide bonds. The number of likely N-dealkylation sites (tertiary alicyclic amines) is 1. The molecule has 1 atom stereocenters. The number of rotatable bonds is 1. The highest BCUT2D eigenvalue weighted by Crippen LogP contribution is 2.34. The molecule has 0 spiro atoms. The number of hydrogen-bond acceptors (Lipinski definition) is 1. The summed E-state index contributed by atoms with van der Waals surface area (Å²) in [6.07, 6.45) is 4.51. The predicted molar refractivity (Wildman–Crippen MR) is 57.2 cm³/mol. The average molecular weight is 229 g/mol. The van der Waals surface area contributed by atoms with Gasteiger partial charge in [0, 0.05) is 31.0 Å². The minimum atomic E-state index is -2.61. The van der Waals surface area contributed by atoms with Crippen LogP contribution in [-0.2, 0) is 4.79 Å². The van der Waals surface area contributed by atoms with Gasteiger partial charge >= 0.3 is 0 Å². The van der Waals surface area contributed by atoms with Gasteiger partial charge in [0.25, 0.3) is 5.92 Å². The Hall–Kier alpha value is -0.930. The second kappa shape index (κ2) is 4.15. The monoisotopic (exact) mass is 229 g/mol. The van der Waals surface area contributed by atoms with Crippen LogP contribution >= 0.6 is 0 Å². The van der Waals surface area contributed by atoms with Gasteiger partial charge in [0.2, 0.25) is 5.91 Å². The van der Waals surface area contributed by atoms with Gasteiger partial charge in [0.1, 0.15) is 0 Å². The summed E-state index contributed by atoms with van der Waals surface area (Å²) in [5, 5.41) is 0. The van der Waals surface area contributed by atoms with E-state index in [0.29, 0.717) is 0 Å². The molecule has 4 heteroatoms. The maximum atomic E-state index is 13.3. The van der Waals surface area contributed by atoms with Crippen LogP contribution in [0.4, 0.5) is 8.78 Å². The number of piperidine rings is 1. The third-order valence-electron chi connectivity index (χ3n) is 3.53. The van der Waals surface area contributed by atoms with E-state index in [1.54, 1.807) is 4.90 Å². The van der Waals surface area contributed by atoms with E-state index < -0.39 is 11.8 Å². The Bertz CT molecular complexity index is 325. The molecular formula is C12H17F2NO. The summed E-state index contributed by atoms with van der Waals surface area (Å²) >= 11 is 0. The van der Waals surface area contributed by atoms with Crippen molar-refractivity contribution in [2.45, 2.75) is 38.5 Å². The van der Waals surface area contributed by atoms with E-state index in [1.807, 2.05) is 6.08 Å². The van der Waals surface area contributed by atoms with Gasteiger partial charge < -0.3 is 4.90 Å². The third kappa shape index (κ3) is 2.11. The number of nitrogens with zero attached hydrogens (tertiary/aromatic N) is 1. The summed E-state index contributed by atoms with van der Waals surface area (Å²) in [5.74, 6) is -3.37. The first-order valence-corrected chi connectivity index (χ1v) is 5.87. The molecule has 2 aliphatic rings. The lowest BCUT2D eigenvalue weighted by molar-refractivity contribution is -0.140. The highest BCUT2D eigenvalue weighted by molar-refractivity contribution is 5.93. The highest BCUT2D eigenvalue weighted by Gasteiger charge is 2.42. The zero-order valence-electron chi connectivity index (χ0n) is 9.51. The average Bonchev–Trinajstić information content (AvgIpc) is 2.74. The van der Waals surface area contributed by atoms with Crippen LogP contribution in [0.1, 0.15) is 32.6 Å². The fraction of sp³-hybridized carbons (Fsp3) is 0.750. The molecule has 0 radical (unpaired) electrons. The Balaban J connectivity index is 1.99. The Kier molecular flexibility index (Phi) is 3.00. The Labute approximate surface area is 94.3 Å². The minimum absolute atomic E-state index is 0.0279. The first-order chi connectivity index (χ1) is 7.50. The lowest BCUT2D eigenvalue weighted by Gasteiger charge is -2.36. The summed E-state index contributed by atoms with van der Waals surface area (Å²) in [7, 11) is 0. The van der Waals surface area contributed by atoms with E-state index in [2.05, 4.69) is 0 Å². The van der Waals surface area contributed by atoms with Crippen molar-refractivity contribution in [3.05, 3.63) is 11.6 Å². The molecule has 0 bridgehead atoms. The molecule has 0 aromatic carbocycles. The van der Waals surface area contributed by atoms with Crippen LogP contribution in [0.5, 0.6) is 0 Å². The largest absolute Gasteiger partial charge is 0.338 e. The number of carbonyl (C=O) groups excluding carboxylic acids is 1. The Morgan fingerprint density at radius 1 is 1.56 bits per heavy atom. The van der Waals surface area contributed by atoms with E-state index in [-0.39, 0.29) is 25.4 Å². The van der Waals surface area contributed by atoms with Gasteiger partial charge in [-0.15, -0.1) is 0 Å². The summed E-state index contributed by atoms with van der Waals surface area (Å²) in [6.45, 7) is 1.89. The molecule has 1 aliphatic heterocycles. The van der Waals surface area contributed by atoms with E-state index in [4.69, 9.17) is 0 Å². The predicted octanol–water partition coefficient (Wildman–Crippen LogP) is 2.60. The van der Waals surface area contributed by atoms with Crippen LogP contribution < -0.4 is 0 Å². The molecule has 0 aromatic rings. The summed E-state index contributed by atoms with van der Waals surface area (Å²) in [4.78, 5) is 13.6. The van der Waals surface area contributed by atoms with Crippen LogP contribution in [-0.4, -0.2) is 29.8 Å². The van der Waals surface area contributed by atoms with Gasteiger partial charge in [0.05, 0.1) is 0 Å². The van der Waals surface area contributed by atoms with Crippen molar-refractivity contribution in [2.24, 2.45) is 5.92 Å². The zero-order chi connectivity index (χ0) is 11.8. The van der Waals surface area contributed by atoms with Crippen molar-refractivity contribution in [1.29, 1.82) is 0 Å². The van der Waals surface area contributed by atoms with E-state index in [0.717, 1.165) is 24.8 Å². The third-order valence-corrected chi connectivity index (χ3v) is 3.53. The molecule has 0 N–H and O–H groups in total. The van der Waals surface area contributed by atoms with Gasteiger partial charge in [0.15, 0.2) is 0 Å². The smallest absolute Gasteiger partial charge is 0.254 e. The number of alkyl halides is 2. The molecule has 90 valence electrons. The first kappa shape index (κ1) is 11.6. The molecule has 2 nitrogen and oxygen atoms in total. The Morgan fingerprint density at radius 2 is 2.31 bits per heavy atom. The van der Waals surface area contributed by atoms with E-state index in [1.165, 1.54) is 6.92 Å². The zero-order valence-corrected chi connectivity index (χ0v) is 9.51. The number of carbonyl (C=O) groups is 1. The van der Waals surface area contributed by atoms with Gasteiger partial charge in [-0.25, -0.2) is 8.78 Å². The number of allylic oxidation sites excluding steroid dienone is 1.